The van der Waals surface area contributed by atoms with Crippen molar-refractivity contribution in [2.75, 3.05) is 19.6 Å². The van der Waals surface area contributed by atoms with Crippen LogP contribution in [0.4, 0.5) is 4.39 Å². The molecule has 1 saturated heterocycles. The maximum absolute atomic E-state index is 13.9. The second-order valence-corrected chi connectivity index (χ2v) is 13.8. The first kappa shape index (κ1) is 41.0. The summed E-state index contributed by atoms with van der Waals surface area (Å²) in [6, 6.07) is 11.0. The molecule has 3 rings (SSSR count). The average molecular weight is 712 g/mol. The van der Waals surface area contributed by atoms with Crippen molar-refractivity contribution in [3.05, 3.63) is 71.5 Å². The number of hydrogen-bond acceptors (Lipinski definition) is 8. The zero-order valence-corrected chi connectivity index (χ0v) is 29.6. The van der Waals surface area contributed by atoms with Crippen LogP contribution in [0.25, 0.3) is 0 Å². The summed E-state index contributed by atoms with van der Waals surface area (Å²) in [5.74, 6) is -3.56. The lowest BCUT2D eigenvalue weighted by atomic mass is 9.88. The molecule has 1 aliphatic rings. The van der Waals surface area contributed by atoms with E-state index in [1.54, 1.807) is 12.1 Å². The van der Waals surface area contributed by atoms with E-state index in [2.05, 4.69) is 16.0 Å². The number of aryl methyl sites for hydroxylation is 1. The Morgan fingerprint density at radius 1 is 0.824 bits per heavy atom. The number of likely N-dealkylation sites (tertiary alicyclic amines) is 1. The van der Waals surface area contributed by atoms with E-state index in [-0.39, 0.29) is 62.8 Å². The van der Waals surface area contributed by atoms with Gasteiger partial charge in [-0.15, -0.1) is 0 Å². The lowest BCUT2D eigenvalue weighted by molar-refractivity contribution is -0.148. The highest BCUT2D eigenvalue weighted by Crippen LogP contribution is 2.21. The van der Waals surface area contributed by atoms with Crippen LogP contribution in [0.3, 0.4) is 0 Å². The fourth-order valence-electron chi connectivity index (χ4n) is 6.00. The predicted molar refractivity (Wildman–Crippen MR) is 191 cm³/mol. The molecule has 13 nitrogen and oxygen atoms in total. The molecule has 1 heterocycles. The van der Waals surface area contributed by atoms with Crippen LogP contribution in [0.1, 0.15) is 69.9 Å². The molecule has 0 aliphatic carbocycles. The zero-order valence-electron chi connectivity index (χ0n) is 29.6. The molecule has 0 spiro atoms. The van der Waals surface area contributed by atoms with E-state index in [0.29, 0.717) is 32.2 Å². The molecule has 1 fully saturated rings. The second kappa shape index (κ2) is 19.8. The molecule has 51 heavy (non-hydrogen) atoms. The summed E-state index contributed by atoms with van der Waals surface area (Å²) in [4.78, 5) is 67.8. The molecule has 10 N–H and O–H groups in total. The quantitative estimate of drug-likeness (QED) is 0.104. The molecular formula is C37H54FN7O6. The van der Waals surface area contributed by atoms with Crippen LogP contribution in [-0.2, 0) is 36.8 Å². The number of carbonyl (C=O) groups excluding carboxylic acids is 4. The molecule has 0 saturated carbocycles. The zero-order chi connectivity index (χ0) is 37.6. The summed E-state index contributed by atoms with van der Waals surface area (Å²) in [7, 11) is 0. The summed E-state index contributed by atoms with van der Waals surface area (Å²) < 4.78 is 13.3. The third kappa shape index (κ3) is 13.0. The van der Waals surface area contributed by atoms with Gasteiger partial charge in [-0.05, 0) is 87.1 Å². The highest BCUT2D eigenvalue weighted by molar-refractivity contribution is 5.95. The van der Waals surface area contributed by atoms with Gasteiger partial charge in [0, 0.05) is 19.5 Å². The van der Waals surface area contributed by atoms with Gasteiger partial charge in [0.15, 0.2) is 0 Å². The molecule has 0 aromatic heterocycles. The molecule has 2 aromatic rings. The number of amides is 4. The van der Waals surface area contributed by atoms with Crippen molar-refractivity contribution in [3.63, 3.8) is 0 Å². The van der Waals surface area contributed by atoms with Crippen molar-refractivity contribution in [2.24, 2.45) is 23.1 Å². The number of halogens is 1. The number of rotatable bonds is 19. The topological polar surface area (TPSA) is 223 Å². The first-order valence-electron chi connectivity index (χ1n) is 17.7. The summed E-state index contributed by atoms with van der Waals surface area (Å²) in [6.45, 7) is 4.46. The fraction of sp³-hybridized carbons (Fsp3) is 0.541. The van der Waals surface area contributed by atoms with Gasteiger partial charge in [0.25, 0.3) is 0 Å². The van der Waals surface area contributed by atoms with Crippen molar-refractivity contribution in [1.29, 1.82) is 0 Å². The van der Waals surface area contributed by atoms with Crippen LogP contribution in [0.5, 0.6) is 0 Å². The number of aliphatic carboxylic acids is 1. The fourth-order valence-corrected chi connectivity index (χ4v) is 6.00. The minimum absolute atomic E-state index is 0.0229. The van der Waals surface area contributed by atoms with E-state index >= 15 is 0 Å². The molecule has 0 bridgehead atoms. The molecule has 4 atom stereocenters. The minimum atomic E-state index is -1.42. The number of unbranched alkanes of at least 4 members (excludes halogenated alkanes) is 1. The molecule has 14 heteroatoms. The van der Waals surface area contributed by atoms with E-state index < -0.39 is 53.4 Å². The molecule has 280 valence electrons. The summed E-state index contributed by atoms with van der Waals surface area (Å²) in [5, 5.41) is 17.9. The number of hydrogen-bond donors (Lipinski definition) is 7. The van der Waals surface area contributed by atoms with Gasteiger partial charge in [-0.3, -0.25) is 24.0 Å². The Kier molecular flexibility index (Phi) is 16.0. The molecule has 4 amide bonds. The number of piperidine rings is 1. The van der Waals surface area contributed by atoms with Crippen LogP contribution >= 0.6 is 0 Å². The third-order valence-electron chi connectivity index (χ3n) is 9.20. The van der Waals surface area contributed by atoms with E-state index in [9.17, 15) is 33.5 Å². The van der Waals surface area contributed by atoms with E-state index in [4.69, 9.17) is 17.2 Å². The Balaban J connectivity index is 1.75. The average Bonchev–Trinajstić information content (AvgIpc) is 3.10. The Bertz CT molecular complexity index is 1450. The summed E-state index contributed by atoms with van der Waals surface area (Å²) in [5.41, 5.74) is 18.1. The number of benzene rings is 2. The number of carboxylic acid groups (broad SMARTS) is 1. The van der Waals surface area contributed by atoms with Gasteiger partial charge in [-0.25, -0.2) is 4.39 Å². The number of carboxylic acids is 1. The van der Waals surface area contributed by atoms with Gasteiger partial charge in [0.1, 0.15) is 29.5 Å². The van der Waals surface area contributed by atoms with Gasteiger partial charge in [0.05, 0.1) is 6.04 Å². The first-order chi connectivity index (χ1) is 24.2. The Hall–Kier alpha value is -4.40. The number of nitrogens with one attached hydrogen (secondary N) is 3. The van der Waals surface area contributed by atoms with E-state index in [0.717, 1.165) is 11.1 Å². The first-order valence-corrected chi connectivity index (χ1v) is 17.7. The summed E-state index contributed by atoms with van der Waals surface area (Å²) >= 11 is 0. The van der Waals surface area contributed by atoms with Crippen molar-refractivity contribution >= 4 is 29.6 Å². The lowest BCUT2D eigenvalue weighted by Gasteiger charge is -2.38. The normalized spacial score (nSPS) is 16.4. The molecule has 0 unspecified atom stereocenters. The Morgan fingerprint density at radius 3 is 2.00 bits per heavy atom. The van der Waals surface area contributed by atoms with Crippen molar-refractivity contribution in [2.45, 2.75) is 101 Å². The SMILES string of the molecule is CC(C)C[C@@H](NC(=O)[C@@H](Cc1ccccc1)NC(=O)[C@H](N)CCc1ccc(F)cc1)C(=O)N[C@H](CCCCN)C(=O)N1CCC(N)(C(=O)O)CC1. The van der Waals surface area contributed by atoms with Gasteiger partial charge in [-0.1, -0.05) is 56.3 Å². The van der Waals surface area contributed by atoms with Gasteiger partial charge in [-0.2, -0.15) is 0 Å². The largest absolute Gasteiger partial charge is 0.480 e. The standard InChI is InChI=1S/C37H54FN7O6/c1-24(2)22-30(33(47)42-29(10-6-7-19-39)35(49)45-20-17-37(41,18-21-45)36(50)51)44-34(48)31(23-26-8-4-3-5-9-26)43-32(46)28(40)16-13-25-11-14-27(38)15-12-25/h3-5,8-9,11-12,14-15,24,28-31H,6-7,10,13,16-23,39-41H2,1-2H3,(H,42,47)(H,43,46)(H,44,48)(H,50,51)/t28-,29-,30-,31-/m1/s1. The summed E-state index contributed by atoms with van der Waals surface area (Å²) in [6.07, 6.45) is 2.72. The van der Waals surface area contributed by atoms with Crippen LogP contribution in [0.2, 0.25) is 0 Å². The predicted octanol–water partition coefficient (Wildman–Crippen LogP) is 1.36. The monoisotopic (exact) mass is 711 g/mol. The van der Waals surface area contributed by atoms with Crippen molar-refractivity contribution in [3.8, 4) is 0 Å². The van der Waals surface area contributed by atoms with Gasteiger partial charge < -0.3 is 43.2 Å². The van der Waals surface area contributed by atoms with Gasteiger partial charge >= 0.3 is 5.97 Å². The maximum Gasteiger partial charge on any atom is 0.323 e. The van der Waals surface area contributed by atoms with Crippen LogP contribution in [-0.4, -0.2) is 88.9 Å². The van der Waals surface area contributed by atoms with E-state index in [1.807, 2.05) is 44.2 Å². The second-order valence-electron chi connectivity index (χ2n) is 13.8. The number of nitrogens with zero attached hydrogens (tertiary/aromatic N) is 1. The van der Waals surface area contributed by atoms with Crippen LogP contribution < -0.4 is 33.2 Å². The van der Waals surface area contributed by atoms with Crippen LogP contribution in [0, 0.1) is 11.7 Å². The molecule has 0 radical (unpaired) electrons. The number of carbonyl (C=O) groups is 5. The van der Waals surface area contributed by atoms with Crippen LogP contribution in [0.15, 0.2) is 54.6 Å². The lowest BCUT2D eigenvalue weighted by Crippen LogP contribution is -2.60. The third-order valence-corrected chi connectivity index (χ3v) is 9.20. The maximum atomic E-state index is 13.9. The Morgan fingerprint density at radius 2 is 1.41 bits per heavy atom. The molecule has 2 aromatic carbocycles. The Labute approximate surface area is 299 Å². The highest BCUT2D eigenvalue weighted by Gasteiger charge is 2.40. The van der Waals surface area contributed by atoms with Crippen molar-refractivity contribution < 1.29 is 33.5 Å². The van der Waals surface area contributed by atoms with Gasteiger partial charge in [0.2, 0.25) is 23.6 Å². The minimum Gasteiger partial charge on any atom is -0.480 e. The number of nitrogens with two attached hydrogens (primary N) is 3. The van der Waals surface area contributed by atoms with Crippen molar-refractivity contribution in [1.82, 2.24) is 20.9 Å². The molecule has 1 aliphatic heterocycles. The smallest absolute Gasteiger partial charge is 0.323 e. The highest BCUT2D eigenvalue weighted by atomic mass is 19.1. The molecular weight excluding hydrogens is 657 g/mol. The van der Waals surface area contributed by atoms with E-state index in [1.165, 1.54) is 17.0 Å².